The highest BCUT2D eigenvalue weighted by molar-refractivity contribution is 5.76. The van der Waals surface area contributed by atoms with Crippen LogP contribution in [0.4, 0.5) is 0 Å². The van der Waals surface area contributed by atoms with Crippen LogP contribution in [0.1, 0.15) is 37.1 Å². The van der Waals surface area contributed by atoms with E-state index in [4.69, 9.17) is 4.74 Å². The molecule has 1 saturated carbocycles. The molecule has 6 heteroatoms. The molecule has 1 fully saturated rings. The summed E-state index contributed by atoms with van der Waals surface area (Å²) >= 11 is 0. The highest BCUT2D eigenvalue weighted by atomic mass is 16.5. The Kier molecular flexibility index (Phi) is 7.24. The first-order valence-electron chi connectivity index (χ1n) is 8.95. The maximum Gasteiger partial charge on any atom is 0.241 e. The van der Waals surface area contributed by atoms with Gasteiger partial charge in [0.25, 0.3) is 0 Å². The zero-order valence-electron chi connectivity index (χ0n) is 15.5. The molecule has 1 aromatic heterocycles. The molecule has 1 amide bonds. The van der Waals surface area contributed by atoms with Crippen LogP contribution in [-0.2, 0) is 16.1 Å². The molecule has 0 aromatic carbocycles. The number of ether oxygens (including phenoxy) is 1. The minimum Gasteiger partial charge on any atom is -0.383 e. The Morgan fingerprint density at radius 3 is 2.92 bits per heavy atom. The van der Waals surface area contributed by atoms with Crippen molar-refractivity contribution in [1.82, 2.24) is 20.0 Å². The lowest BCUT2D eigenvalue weighted by atomic mass is 9.85. The van der Waals surface area contributed by atoms with Gasteiger partial charge in [-0.05, 0) is 52.1 Å². The van der Waals surface area contributed by atoms with Gasteiger partial charge >= 0.3 is 0 Å². The first-order chi connectivity index (χ1) is 11.5. The third-order valence-corrected chi connectivity index (χ3v) is 4.79. The first-order valence-corrected chi connectivity index (χ1v) is 8.95. The number of nitrogens with one attached hydrogen (secondary N) is 1. The van der Waals surface area contributed by atoms with Crippen molar-refractivity contribution in [2.45, 2.75) is 52.1 Å². The van der Waals surface area contributed by atoms with Crippen LogP contribution >= 0.6 is 0 Å². The summed E-state index contributed by atoms with van der Waals surface area (Å²) in [4.78, 5) is 14.6. The van der Waals surface area contributed by atoms with E-state index in [0.717, 1.165) is 43.9 Å². The molecular weight excluding hydrogens is 304 g/mol. The largest absolute Gasteiger partial charge is 0.383 e. The number of carbonyl (C=O) groups excluding carboxylic acids is 1. The fourth-order valence-electron chi connectivity index (χ4n) is 3.61. The molecule has 2 atom stereocenters. The predicted octanol–water partition coefficient (Wildman–Crippen LogP) is 1.75. The summed E-state index contributed by atoms with van der Waals surface area (Å²) in [5, 5.41) is 7.57. The standard InChI is InChI=1S/C18H32N4O2/c1-14-10-15(2)22(20-14)13-18(23)19-17-7-5-6-16(11-17)12-21(3)8-9-24-4/h10,16-17H,5-9,11-13H2,1-4H3,(H,19,23)/t16-,17-/m1/s1. The second kappa shape index (κ2) is 9.18. The lowest BCUT2D eigenvalue weighted by Crippen LogP contribution is -2.42. The van der Waals surface area contributed by atoms with Crippen LogP contribution in [0.15, 0.2) is 6.07 Å². The summed E-state index contributed by atoms with van der Waals surface area (Å²) in [5.41, 5.74) is 1.99. The van der Waals surface area contributed by atoms with Crippen LogP contribution in [0.5, 0.6) is 0 Å². The molecule has 24 heavy (non-hydrogen) atoms. The fraction of sp³-hybridized carbons (Fsp3) is 0.778. The molecule has 1 aliphatic rings. The zero-order valence-corrected chi connectivity index (χ0v) is 15.5. The number of aryl methyl sites for hydroxylation is 2. The third kappa shape index (κ3) is 5.91. The van der Waals surface area contributed by atoms with Crippen LogP contribution < -0.4 is 5.32 Å². The molecule has 0 saturated heterocycles. The van der Waals surface area contributed by atoms with E-state index in [1.54, 1.807) is 11.8 Å². The smallest absolute Gasteiger partial charge is 0.241 e. The molecule has 0 bridgehead atoms. The monoisotopic (exact) mass is 336 g/mol. The highest BCUT2D eigenvalue weighted by Gasteiger charge is 2.24. The Balaban J connectivity index is 1.77. The van der Waals surface area contributed by atoms with Gasteiger partial charge in [-0.15, -0.1) is 0 Å². The van der Waals surface area contributed by atoms with E-state index in [2.05, 4.69) is 22.4 Å². The van der Waals surface area contributed by atoms with Gasteiger partial charge in [0.05, 0.1) is 12.3 Å². The van der Waals surface area contributed by atoms with Crippen molar-refractivity contribution in [3.8, 4) is 0 Å². The zero-order chi connectivity index (χ0) is 17.5. The quantitative estimate of drug-likeness (QED) is 0.786. The number of rotatable bonds is 8. The molecule has 0 radical (unpaired) electrons. The summed E-state index contributed by atoms with van der Waals surface area (Å²) in [7, 11) is 3.88. The Morgan fingerprint density at radius 2 is 2.25 bits per heavy atom. The lowest BCUT2D eigenvalue weighted by Gasteiger charge is -2.32. The number of amides is 1. The number of likely N-dealkylation sites (N-methyl/N-ethyl adjacent to an activating group) is 1. The molecule has 2 rings (SSSR count). The van der Waals surface area contributed by atoms with Gasteiger partial charge in [0, 0.05) is 31.9 Å². The molecule has 136 valence electrons. The Bertz CT molecular complexity index is 529. The van der Waals surface area contributed by atoms with Gasteiger partial charge < -0.3 is 15.0 Å². The topological polar surface area (TPSA) is 59.4 Å². The minimum absolute atomic E-state index is 0.0691. The van der Waals surface area contributed by atoms with Crippen LogP contribution in [0.3, 0.4) is 0 Å². The SMILES string of the molecule is COCCN(C)C[C@@H]1CCC[C@@H](NC(=O)Cn2nc(C)cc2C)C1. The summed E-state index contributed by atoms with van der Waals surface area (Å²) in [6, 6.07) is 2.30. The Morgan fingerprint density at radius 1 is 1.46 bits per heavy atom. The van der Waals surface area contributed by atoms with E-state index in [1.807, 2.05) is 19.9 Å². The van der Waals surface area contributed by atoms with Crippen LogP contribution in [0.25, 0.3) is 0 Å². The maximum absolute atomic E-state index is 12.3. The van der Waals surface area contributed by atoms with Crippen molar-refractivity contribution in [3.05, 3.63) is 17.5 Å². The summed E-state index contributed by atoms with van der Waals surface area (Å²) < 4.78 is 6.92. The van der Waals surface area contributed by atoms with E-state index in [9.17, 15) is 4.79 Å². The molecule has 1 N–H and O–H groups in total. The van der Waals surface area contributed by atoms with Crippen LogP contribution in [-0.4, -0.2) is 60.5 Å². The average molecular weight is 336 g/mol. The summed E-state index contributed by atoms with van der Waals surface area (Å²) in [5.74, 6) is 0.721. The summed E-state index contributed by atoms with van der Waals surface area (Å²) in [6.45, 7) is 7.06. The number of carbonyl (C=O) groups is 1. The molecular formula is C18H32N4O2. The average Bonchev–Trinajstić information content (AvgIpc) is 2.83. The van der Waals surface area contributed by atoms with Gasteiger partial charge in [0.15, 0.2) is 0 Å². The van der Waals surface area contributed by atoms with Crippen molar-refractivity contribution in [3.63, 3.8) is 0 Å². The molecule has 0 aliphatic heterocycles. The van der Waals surface area contributed by atoms with Crippen molar-refractivity contribution in [2.24, 2.45) is 5.92 Å². The third-order valence-electron chi connectivity index (χ3n) is 4.79. The van der Waals surface area contributed by atoms with Gasteiger partial charge in [-0.2, -0.15) is 5.10 Å². The fourth-order valence-corrected chi connectivity index (χ4v) is 3.61. The molecule has 0 spiro atoms. The predicted molar refractivity (Wildman–Crippen MR) is 95.0 cm³/mol. The minimum atomic E-state index is 0.0691. The number of aromatic nitrogens is 2. The second-order valence-electron chi connectivity index (χ2n) is 7.14. The van der Waals surface area contributed by atoms with Gasteiger partial charge in [0.2, 0.25) is 5.91 Å². The Labute approximate surface area is 145 Å². The maximum atomic E-state index is 12.3. The van der Waals surface area contributed by atoms with Crippen LogP contribution in [0.2, 0.25) is 0 Å². The van der Waals surface area contributed by atoms with Crippen molar-refractivity contribution in [1.29, 1.82) is 0 Å². The van der Waals surface area contributed by atoms with Crippen molar-refractivity contribution in [2.75, 3.05) is 33.9 Å². The Hall–Kier alpha value is -1.40. The number of hydrogen-bond acceptors (Lipinski definition) is 4. The van der Waals surface area contributed by atoms with E-state index < -0.39 is 0 Å². The van der Waals surface area contributed by atoms with E-state index >= 15 is 0 Å². The van der Waals surface area contributed by atoms with Gasteiger partial charge in [-0.25, -0.2) is 0 Å². The number of nitrogens with zero attached hydrogens (tertiary/aromatic N) is 3. The van der Waals surface area contributed by atoms with E-state index in [0.29, 0.717) is 18.5 Å². The lowest BCUT2D eigenvalue weighted by molar-refractivity contribution is -0.122. The first kappa shape index (κ1) is 18.9. The second-order valence-corrected chi connectivity index (χ2v) is 7.14. The molecule has 1 aliphatic carbocycles. The van der Waals surface area contributed by atoms with Gasteiger partial charge in [0.1, 0.15) is 6.54 Å². The van der Waals surface area contributed by atoms with E-state index in [-0.39, 0.29) is 5.91 Å². The van der Waals surface area contributed by atoms with Crippen molar-refractivity contribution < 1.29 is 9.53 Å². The molecule has 1 heterocycles. The molecule has 6 nitrogen and oxygen atoms in total. The number of methoxy groups -OCH3 is 1. The summed E-state index contributed by atoms with van der Waals surface area (Å²) in [6.07, 6.45) is 4.59. The molecule has 1 aromatic rings. The molecule has 0 unspecified atom stereocenters. The number of hydrogen-bond donors (Lipinski definition) is 1. The van der Waals surface area contributed by atoms with Crippen LogP contribution in [0, 0.1) is 19.8 Å². The van der Waals surface area contributed by atoms with Crippen molar-refractivity contribution >= 4 is 5.91 Å². The van der Waals surface area contributed by atoms with E-state index in [1.165, 1.54) is 12.8 Å². The normalized spacial score (nSPS) is 21.2. The van der Waals surface area contributed by atoms with Gasteiger partial charge in [-0.1, -0.05) is 6.42 Å². The van der Waals surface area contributed by atoms with Gasteiger partial charge in [-0.3, -0.25) is 9.48 Å². The highest BCUT2D eigenvalue weighted by Crippen LogP contribution is 2.25.